The van der Waals surface area contributed by atoms with E-state index >= 15 is 0 Å². The number of benzene rings is 1. The normalized spacial score (nSPS) is 10.9. The molecule has 1 aromatic carbocycles. The van der Waals surface area contributed by atoms with E-state index in [4.69, 9.17) is 0 Å². The Balaban J connectivity index is 2.54. The summed E-state index contributed by atoms with van der Waals surface area (Å²) >= 11 is 1.90. The molecule has 78 valence electrons. The summed E-state index contributed by atoms with van der Waals surface area (Å²) < 4.78 is 0. The summed E-state index contributed by atoms with van der Waals surface area (Å²) in [5, 5.41) is 0. The van der Waals surface area contributed by atoms with Crippen molar-refractivity contribution in [3.8, 4) is 0 Å². The summed E-state index contributed by atoms with van der Waals surface area (Å²) in [6, 6.07) is 8.88. The van der Waals surface area contributed by atoms with Crippen molar-refractivity contribution < 1.29 is 0 Å². The molecule has 1 nitrogen and oxygen atoms in total. The van der Waals surface area contributed by atoms with Crippen molar-refractivity contribution in [2.45, 2.75) is 25.3 Å². The Kier molecular flexibility index (Phi) is 5.05. The lowest BCUT2D eigenvalue weighted by Crippen LogP contribution is -2.16. The Morgan fingerprint density at radius 1 is 1.14 bits per heavy atom. The zero-order valence-electron chi connectivity index (χ0n) is 9.29. The van der Waals surface area contributed by atoms with Crippen molar-refractivity contribution >= 4 is 11.8 Å². The lowest BCUT2D eigenvalue weighted by molar-refractivity contribution is 0.345. The summed E-state index contributed by atoms with van der Waals surface area (Å²) in [6.45, 7) is 6.52. The molecule has 0 radical (unpaired) electrons. The Labute approximate surface area is 91.5 Å². The highest BCUT2D eigenvalue weighted by Gasteiger charge is 1.97. The third-order valence-corrected chi connectivity index (χ3v) is 3.12. The van der Waals surface area contributed by atoms with Gasteiger partial charge in [-0.1, -0.05) is 26.0 Å². The molecule has 0 amide bonds. The SMILES string of the molecule is CCSc1ccc(CN(C)CC)cc1. The first-order valence-corrected chi connectivity index (χ1v) is 6.15. The van der Waals surface area contributed by atoms with E-state index in [1.165, 1.54) is 10.5 Å². The van der Waals surface area contributed by atoms with E-state index in [9.17, 15) is 0 Å². The van der Waals surface area contributed by atoms with Crippen LogP contribution in [0.25, 0.3) is 0 Å². The smallest absolute Gasteiger partial charge is 0.0230 e. The van der Waals surface area contributed by atoms with Gasteiger partial charge in [0.25, 0.3) is 0 Å². The molecule has 14 heavy (non-hydrogen) atoms. The van der Waals surface area contributed by atoms with Crippen molar-refractivity contribution in [3.05, 3.63) is 29.8 Å². The molecule has 0 heterocycles. The number of thioether (sulfide) groups is 1. The monoisotopic (exact) mass is 209 g/mol. The van der Waals surface area contributed by atoms with E-state index < -0.39 is 0 Å². The molecule has 1 rings (SSSR count). The zero-order chi connectivity index (χ0) is 10.4. The van der Waals surface area contributed by atoms with Crippen LogP contribution in [-0.4, -0.2) is 24.2 Å². The van der Waals surface area contributed by atoms with Crippen LogP contribution in [-0.2, 0) is 6.54 Å². The molecule has 0 saturated heterocycles. The maximum absolute atomic E-state index is 2.31. The topological polar surface area (TPSA) is 3.24 Å². The number of hydrogen-bond acceptors (Lipinski definition) is 2. The first kappa shape index (κ1) is 11.6. The summed E-state index contributed by atoms with van der Waals surface area (Å²) in [5.41, 5.74) is 1.40. The van der Waals surface area contributed by atoms with Gasteiger partial charge < -0.3 is 4.90 Å². The van der Waals surface area contributed by atoms with E-state index in [-0.39, 0.29) is 0 Å². The Morgan fingerprint density at radius 3 is 2.29 bits per heavy atom. The highest BCUT2D eigenvalue weighted by Crippen LogP contribution is 2.18. The Bertz CT molecular complexity index is 256. The third-order valence-electron chi connectivity index (χ3n) is 2.23. The van der Waals surface area contributed by atoms with Gasteiger partial charge in [0.2, 0.25) is 0 Å². The van der Waals surface area contributed by atoms with E-state index in [0.29, 0.717) is 0 Å². The Hall–Kier alpha value is -0.470. The van der Waals surface area contributed by atoms with Crippen LogP contribution >= 0.6 is 11.8 Å². The molecule has 0 unspecified atom stereocenters. The van der Waals surface area contributed by atoms with Crippen LogP contribution in [0.4, 0.5) is 0 Å². The minimum atomic E-state index is 1.05. The number of rotatable bonds is 5. The van der Waals surface area contributed by atoms with Crippen molar-refractivity contribution in [1.29, 1.82) is 0 Å². The maximum Gasteiger partial charge on any atom is 0.0230 e. The maximum atomic E-state index is 2.31. The molecule has 2 heteroatoms. The predicted molar refractivity (Wildman–Crippen MR) is 64.8 cm³/mol. The molecule has 0 aromatic heterocycles. The standard InChI is InChI=1S/C12H19NS/c1-4-13(3)10-11-6-8-12(9-7-11)14-5-2/h6-9H,4-5,10H2,1-3H3. The second kappa shape index (κ2) is 6.10. The van der Waals surface area contributed by atoms with Gasteiger partial charge in [0.05, 0.1) is 0 Å². The van der Waals surface area contributed by atoms with Gasteiger partial charge in [-0.15, -0.1) is 11.8 Å². The number of nitrogens with zero attached hydrogens (tertiary/aromatic N) is 1. The van der Waals surface area contributed by atoms with Crippen LogP contribution in [0.2, 0.25) is 0 Å². The van der Waals surface area contributed by atoms with Crippen LogP contribution in [0.1, 0.15) is 19.4 Å². The summed E-state index contributed by atoms with van der Waals surface area (Å²) in [7, 11) is 2.15. The van der Waals surface area contributed by atoms with Crippen LogP contribution in [0.5, 0.6) is 0 Å². The average Bonchev–Trinajstić information content (AvgIpc) is 2.21. The van der Waals surface area contributed by atoms with E-state index in [1.807, 2.05) is 11.8 Å². The molecular weight excluding hydrogens is 190 g/mol. The van der Waals surface area contributed by atoms with Gasteiger partial charge in [0.1, 0.15) is 0 Å². The van der Waals surface area contributed by atoms with E-state index in [0.717, 1.165) is 18.8 Å². The minimum absolute atomic E-state index is 1.05. The van der Waals surface area contributed by atoms with Crippen molar-refractivity contribution in [3.63, 3.8) is 0 Å². The summed E-state index contributed by atoms with van der Waals surface area (Å²) in [5.74, 6) is 1.15. The predicted octanol–water partition coefficient (Wildman–Crippen LogP) is 3.25. The highest BCUT2D eigenvalue weighted by atomic mass is 32.2. The van der Waals surface area contributed by atoms with Gasteiger partial charge in [-0.05, 0) is 37.0 Å². The molecule has 0 atom stereocenters. The molecular formula is C12H19NS. The Morgan fingerprint density at radius 2 is 1.79 bits per heavy atom. The lowest BCUT2D eigenvalue weighted by Gasteiger charge is -2.13. The van der Waals surface area contributed by atoms with Crippen molar-refractivity contribution in [2.75, 3.05) is 19.3 Å². The second-order valence-electron chi connectivity index (χ2n) is 3.41. The molecule has 0 N–H and O–H groups in total. The second-order valence-corrected chi connectivity index (χ2v) is 4.74. The van der Waals surface area contributed by atoms with E-state index in [2.05, 4.69) is 50.1 Å². The summed E-state index contributed by atoms with van der Waals surface area (Å²) in [4.78, 5) is 3.68. The fourth-order valence-electron chi connectivity index (χ4n) is 1.28. The van der Waals surface area contributed by atoms with Crippen molar-refractivity contribution in [1.82, 2.24) is 4.90 Å². The van der Waals surface area contributed by atoms with Crippen LogP contribution in [0.3, 0.4) is 0 Å². The van der Waals surface area contributed by atoms with Crippen molar-refractivity contribution in [2.24, 2.45) is 0 Å². The fraction of sp³-hybridized carbons (Fsp3) is 0.500. The third kappa shape index (κ3) is 3.72. The molecule has 1 aromatic rings. The first-order chi connectivity index (χ1) is 6.76. The van der Waals surface area contributed by atoms with Gasteiger partial charge in [0, 0.05) is 11.4 Å². The molecule has 0 aliphatic rings. The molecule has 0 aliphatic carbocycles. The molecule has 0 fully saturated rings. The lowest BCUT2D eigenvalue weighted by atomic mass is 10.2. The largest absolute Gasteiger partial charge is 0.302 e. The minimum Gasteiger partial charge on any atom is -0.302 e. The fourth-order valence-corrected chi connectivity index (χ4v) is 1.94. The van der Waals surface area contributed by atoms with Crippen LogP contribution in [0, 0.1) is 0 Å². The van der Waals surface area contributed by atoms with Gasteiger partial charge in [-0.2, -0.15) is 0 Å². The van der Waals surface area contributed by atoms with Crippen LogP contribution < -0.4 is 0 Å². The van der Waals surface area contributed by atoms with Gasteiger partial charge in [0.15, 0.2) is 0 Å². The van der Waals surface area contributed by atoms with Crippen LogP contribution in [0.15, 0.2) is 29.2 Å². The zero-order valence-corrected chi connectivity index (χ0v) is 10.1. The average molecular weight is 209 g/mol. The molecule has 0 spiro atoms. The first-order valence-electron chi connectivity index (χ1n) is 5.16. The quantitative estimate of drug-likeness (QED) is 0.685. The number of hydrogen-bond donors (Lipinski definition) is 0. The van der Waals surface area contributed by atoms with Gasteiger partial charge >= 0.3 is 0 Å². The molecule has 0 saturated carbocycles. The summed E-state index contributed by atoms with van der Waals surface area (Å²) in [6.07, 6.45) is 0. The molecule has 0 bridgehead atoms. The van der Waals surface area contributed by atoms with Gasteiger partial charge in [-0.3, -0.25) is 0 Å². The molecule has 0 aliphatic heterocycles. The van der Waals surface area contributed by atoms with E-state index in [1.54, 1.807) is 0 Å². The van der Waals surface area contributed by atoms with Gasteiger partial charge in [-0.25, -0.2) is 0 Å². The highest BCUT2D eigenvalue weighted by molar-refractivity contribution is 7.99.